The number of nitrogens with zero attached hydrogens (tertiary/aromatic N) is 2. The maximum absolute atomic E-state index is 12.2. The highest BCUT2D eigenvalue weighted by atomic mass is 16.1. The van der Waals surface area contributed by atoms with Gasteiger partial charge in [0.05, 0.1) is 0 Å². The van der Waals surface area contributed by atoms with Crippen molar-refractivity contribution in [2.45, 2.75) is 13.5 Å². The van der Waals surface area contributed by atoms with E-state index in [1.807, 2.05) is 73.5 Å². The van der Waals surface area contributed by atoms with Gasteiger partial charge in [-0.05, 0) is 30.2 Å². The van der Waals surface area contributed by atoms with Gasteiger partial charge in [0.2, 0.25) is 0 Å². The second-order valence-electron chi connectivity index (χ2n) is 5.38. The van der Waals surface area contributed by atoms with Gasteiger partial charge in [0.15, 0.2) is 0 Å². The van der Waals surface area contributed by atoms with Gasteiger partial charge < -0.3 is 10.2 Å². The smallest absolute Gasteiger partial charge is 0.267 e. The molecule has 1 amide bonds. The van der Waals surface area contributed by atoms with Crippen LogP contribution in [0.15, 0.2) is 66.4 Å². The maximum atomic E-state index is 12.2. The van der Waals surface area contributed by atoms with E-state index in [9.17, 15) is 10.1 Å². The van der Waals surface area contributed by atoms with E-state index in [-0.39, 0.29) is 5.57 Å². The number of nitrogens with one attached hydrogen (secondary N) is 1. The molecule has 0 aliphatic heterocycles. The first-order valence-electron chi connectivity index (χ1n) is 7.32. The summed E-state index contributed by atoms with van der Waals surface area (Å²) in [5.41, 5.74) is 2.92. The molecule has 4 nitrogen and oxygen atoms in total. The molecule has 0 radical (unpaired) electrons. The van der Waals surface area contributed by atoms with Gasteiger partial charge >= 0.3 is 0 Å². The minimum atomic E-state index is -0.405. The molecule has 1 N–H and O–H groups in total. The van der Waals surface area contributed by atoms with Crippen molar-refractivity contribution >= 4 is 11.6 Å². The molecule has 0 unspecified atom stereocenters. The summed E-state index contributed by atoms with van der Waals surface area (Å²) in [5, 5.41) is 12.0. The Morgan fingerprint density at radius 2 is 1.96 bits per heavy atom. The zero-order chi connectivity index (χ0) is 16.7. The SMILES string of the molecule is Cc1cccc(NC(=O)/C(C#N)=C\N(C)Cc2ccccc2)c1. The number of nitriles is 1. The van der Waals surface area contributed by atoms with Crippen LogP contribution in [0.2, 0.25) is 0 Å². The molecule has 0 saturated carbocycles. The summed E-state index contributed by atoms with van der Waals surface area (Å²) in [5.74, 6) is -0.405. The molecule has 0 bridgehead atoms. The molecular weight excluding hydrogens is 286 g/mol. The van der Waals surface area contributed by atoms with Crippen molar-refractivity contribution in [1.29, 1.82) is 5.26 Å². The zero-order valence-corrected chi connectivity index (χ0v) is 13.3. The Hall–Kier alpha value is -3.06. The Morgan fingerprint density at radius 3 is 2.61 bits per heavy atom. The molecule has 116 valence electrons. The van der Waals surface area contributed by atoms with Gasteiger partial charge in [0.1, 0.15) is 11.6 Å². The number of amides is 1. The molecule has 0 aliphatic carbocycles. The first kappa shape index (κ1) is 16.3. The van der Waals surface area contributed by atoms with Crippen LogP contribution in [0.25, 0.3) is 0 Å². The molecule has 0 spiro atoms. The van der Waals surface area contributed by atoms with Gasteiger partial charge in [0, 0.05) is 25.5 Å². The quantitative estimate of drug-likeness (QED) is 0.679. The predicted octanol–water partition coefficient (Wildman–Crippen LogP) is 3.47. The molecule has 0 atom stereocenters. The minimum Gasteiger partial charge on any atom is -0.375 e. The zero-order valence-electron chi connectivity index (χ0n) is 13.3. The van der Waals surface area contributed by atoms with Crippen LogP contribution < -0.4 is 5.32 Å². The first-order chi connectivity index (χ1) is 11.1. The standard InChI is InChI=1S/C19H19N3O/c1-15-7-6-10-18(11-15)21-19(23)17(12-20)14-22(2)13-16-8-4-3-5-9-16/h3-11,14H,13H2,1-2H3,(H,21,23)/b17-14-. The highest BCUT2D eigenvalue weighted by Crippen LogP contribution is 2.11. The first-order valence-corrected chi connectivity index (χ1v) is 7.32. The molecule has 4 heteroatoms. The third kappa shape index (κ3) is 5.01. The van der Waals surface area contributed by atoms with Gasteiger partial charge in [0.25, 0.3) is 5.91 Å². The number of aryl methyl sites for hydroxylation is 1. The van der Waals surface area contributed by atoms with Crippen LogP contribution >= 0.6 is 0 Å². The van der Waals surface area contributed by atoms with E-state index in [2.05, 4.69) is 5.32 Å². The third-order valence-corrected chi connectivity index (χ3v) is 3.27. The Balaban J connectivity index is 2.05. The summed E-state index contributed by atoms with van der Waals surface area (Å²) in [6.45, 7) is 2.58. The van der Waals surface area contributed by atoms with E-state index in [0.717, 1.165) is 11.1 Å². The molecule has 0 heterocycles. The number of carbonyl (C=O) groups is 1. The molecule has 2 aromatic rings. The van der Waals surface area contributed by atoms with Crippen molar-refractivity contribution in [1.82, 2.24) is 4.90 Å². The van der Waals surface area contributed by atoms with E-state index in [1.165, 1.54) is 0 Å². The molecule has 2 aromatic carbocycles. The van der Waals surface area contributed by atoms with Gasteiger partial charge in [-0.2, -0.15) is 5.26 Å². The molecule has 0 aliphatic rings. The molecule has 0 fully saturated rings. The van der Waals surface area contributed by atoms with Crippen molar-refractivity contribution in [2.24, 2.45) is 0 Å². The van der Waals surface area contributed by atoms with E-state index in [0.29, 0.717) is 12.2 Å². The Kier molecular flexibility index (Phi) is 5.54. The lowest BCUT2D eigenvalue weighted by atomic mass is 10.2. The van der Waals surface area contributed by atoms with Crippen LogP contribution in [0.1, 0.15) is 11.1 Å². The maximum Gasteiger partial charge on any atom is 0.267 e. The van der Waals surface area contributed by atoms with E-state index < -0.39 is 5.91 Å². The van der Waals surface area contributed by atoms with E-state index in [1.54, 1.807) is 12.3 Å². The summed E-state index contributed by atoms with van der Waals surface area (Å²) in [7, 11) is 1.84. The Bertz CT molecular complexity index is 745. The van der Waals surface area contributed by atoms with E-state index in [4.69, 9.17) is 0 Å². The molecular formula is C19H19N3O. The van der Waals surface area contributed by atoms with Gasteiger partial charge in [-0.15, -0.1) is 0 Å². The van der Waals surface area contributed by atoms with E-state index >= 15 is 0 Å². The van der Waals surface area contributed by atoms with Crippen molar-refractivity contribution in [3.8, 4) is 6.07 Å². The van der Waals surface area contributed by atoms with Crippen LogP contribution in [0.5, 0.6) is 0 Å². The highest BCUT2D eigenvalue weighted by molar-refractivity contribution is 6.06. The predicted molar refractivity (Wildman–Crippen MR) is 91.4 cm³/mol. The number of rotatable bonds is 5. The average molecular weight is 305 g/mol. The molecule has 0 aromatic heterocycles. The summed E-state index contributed by atoms with van der Waals surface area (Å²) in [4.78, 5) is 14.0. The largest absolute Gasteiger partial charge is 0.375 e. The van der Waals surface area contributed by atoms with Gasteiger partial charge in [-0.3, -0.25) is 4.79 Å². The summed E-state index contributed by atoms with van der Waals surface area (Å²) < 4.78 is 0. The molecule has 2 rings (SSSR count). The van der Waals surface area contributed by atoms with Gasteiger partial charge in [-0.25, -0.2) is 0 Å². The second-order valence-corrected chi connectivity index (χ2v) is 5.38. The van der Waals surface area contributed by atoms with Crippen LogP contribution in [-0.4, -0.2) is 17.9 Å². The number of hydrogen-bond donors (Lipinski definition) is 1. The van der Waals surface area contributed by atoms with Crippen molar-refractivity contribution in [3.05, 3.63) is 77.5 Å². The molecule has 0 saturated heterocycles. The number of benzene rings is 2. The molecule has 23 heavy (non-hydrogen) atoms. The fourth-order valence-electron chi connectivity index (χ4n) is 2.20. The number of carbonyl (C=O) groups excluding carboxylic acids is 1. The summed E-state index contributed by atoms with van der Waals surface area (Å²) in [6, 6.07) is 19.3. The third-order valence-electron chi connectivity index (χ3n) is 3.27. The monoisotopic (exact) mass is 305 g/mol. The normalized spacial score (nSPS) is 10.7. The van der Waals surface area contributed by atoms with Gasteiger partial charge in [-0.1, -0.05) is 42.5 Å². The lowest BCUT2D eigenvalue weighted by Gasteiger charge is -2.15. The lowest BCUT2D eigenvalue weighted by Crippen LogP contribution is -2.18. The van der Waals surface area contributed by atoms with Crippen LogP contribution in [0, 0.1) is 18.3 Å². The Labute approximate surface area is 136 Å². The number of hydrogen-bond acceptors (Lipinski definition) is 3. The Morgan fingerprint density at radius 1 is 1.22 bits per heavy atom. The fraction of sp³-hybridized carbons (Fsp3) is 0.158. The highest BCUT2D eigenvalue weighted by Gasteiger charge is 2.10. The average Bonchev–Trinajstić information content (AvgIpc) is 2.53. The second kappa shape index (κ2) is 7.81. The van der Waals surface area contributed by atoms with Crippen LogP contribution in [0.3, 0.4) is 0 Å². The van der Waals surface area contributed by atoms with Crippen LogP contribution in [-0.2, 0) is 11.3 Å². The van der Waals surface area contributed by atoms with Crippen molar-refractivity contribution < 1.29 is 4.79 Å². The van der Waals surface area contributed by atoms with Crippen molar-refractivity contribution in [3.63, 3.8) is 0 Å². The minimum absolute atomic E-state index is 0.0740. The lowest BCUT2D eigenvalue weighted by molar-refractivity contribution is -0.112. The topological polar surface area (TPSA) is 56.1 Å². The summed E-state index contributed by atoms with van der Waals surface area (Å²) in [6.07, 6.45) is 1.57. The van der Waals surface area contributed by atoms with Crippen LogP contribution in [0.4, 0.5) is 5.69 Å². The fourth-order valence-corrected chi connectivity index (χ4v) is 2.20. The number of anilines is 1. The summed E-state index contributed by atoms with van der Waals surface area (Å²) >= 11 is 0. The van der Waals surface area contributed by atoms with Crippen molar-refractivity contribution in [2.75, 3.05) is 12.4 Å².